The number of hydrogen-bond acceptors (Lipinski definition) is 4. The number of hydrogen-bond donors (Lipinski definition) is 1. The van der Waals surface area contributed by atoms with Crippen LogP contribution in [0.1, 0.15) is 26.2 Å². The van der Waals surface area contributed by atoms with Crippen LogP contribution in [0.4, 0.5) is 5.82 Å². The Morgan fingerprint density at radius 3 is 2.76 bits per heavy atom. The number of aromatic nitrogens is 4. The Balaban J connectivity index is 1.81. The van der Waals surface area contributed by atoms with E-state index in [0.29, 0.717) is 0 Å². The van der Waals surface area contributed by atoms with Crippen molar-refractivity contribution in [2.24, 2.45) is 0 Å². The van der Waals surface area contributed by atoms with E-state index in [0.717, 1.165) is 35.6 Å². The molecule has 2 aromatic heterocycles. The lowest BCUT2D eigenvalue weighted by atomic mass is 10.2. The molecule has 0 aliphatic carbocycles. The Morgan fingerprint density at radius 2 is 1.95 bits per heavy atom. The Kier molecular flexibility index (Phi) is 4.09. The maximum atomic E-state index is 4.56. The van der Waals surface area contributed by atoms with Crippen LogP contribution in [0.25, 0.3) is 16.9 Å². The van der Waals surface area contributed by atoms with Gasteiger partial charge in [-0.1, -0.05) is 38.0 Å². The summed E-state index contributed by atoms with van der Waals surface area (Å²) in [5.74, 6) is 0.811. The molecular weight excluding hydrogens is 262 g/mol. The molecule has 108 valence electrons. The SMILES string of the molecule is CCCCCNc1cnc2c(cnn2-c2ccccc2)n1. The molecule has 0 amide bonds. The second-order valence-electron chi connectivity index (χ2n) is 4.99. The van der Waals surface area contributed by atoms with Gasteiger partial charge < -0.3 is 5.32 Å². The van der Waals surface area contributed by atoms with E-state index in [1.165, 1.54) is 12.8 Å². The van der Waals surface area contributed by atoms with Crippen LogP contribution < -0.4 is 5.32 Å². The van der Waals surface area contributed by atoms with Crippen LogP contribution in [0.5, 0.6) is 0 Å². The largest absolute Gasteiger partial charge is 0.369 e. The first-order valence-corrected chi connectivity index (χ1v) is 7.38. The highest BCUT2D eigenvalue weighted by Gasteiger charge is 2.07. The molecule has 0 radical (unpaired) electrons. The number of unbranched alkanes of at least 4 members (excludes halogenated alkanes) is 2. The zero-order valence-electron chi connectivity index (χ0n) is 12.2. The molecule has 1 N–H and O–H groups in total. The first kappa shape index (κ1) is 13.5. The average Bonchev–Trinajstić information content (AvgIpc) is 2.95. The van der Waals surface area contributed by atoms with Crippen LogP contribution in [0, 0.1) is 0 Å². The molecule has 5 nitrogen and oxygen atoms in total. The standard InChI is InChI=1S/C16H19N5/c1-2-3-7-10-17-15-12-18-16-14(20-15)11-19-21(16)13-8-5-4-6-9-13/h4-6,8-9,11-12H,2-3,7,10H2,1H3,(H,17,20). The molecule has 21 heavy (non-hydrogen) atoms. The quantitative estimate of drug-likeness (QED) is 0.703. The predicted molar refractivity (Wildman–Crippen MR) is 84.7 cm³/mol. The third-order valence-corrected chi connectivity index (χ3v) is 3.36. The third kappa shape index (κ3) is 3.02. The molecule has 0 aliphatic rings. The fraction of sp³-hybridized carbons (Fsp3) is 0.312. The Hall–Kier alpha value is -2.43. The highest BCUT2D eigenvalue weighted by atomic mass is 15.3. The van der Waals surface area contributed by atoms with Crippen molar-refractivity contribution in [1.29, 1.82) is 0 Å². The predicted octanol–water partition coefficient (Wildman–Crippen LogP) is 3.42. The maximum absolute atomic E-state index is 4.56. The van der Waals surface area contributed by atoms with E-state index in [2.05, 4.69) is 27.3 Å². The zero-order chi connectivity index (χ0) is 14.5. The van der Waals surface area contributed by atoms with E-state index in [-0.39, 0.29) is 0 Å². The Morgan fingerprint density at radius 1 is 1.10 bits per heavy atom. The van der Waals surface area contributed by atoms with Gasteiger partial charge in [-0.25, -0.2) is 14.6 Å². The molecule has 0 spiro atoms. The van der Waals surface area contributed by atoms with Crippen LogP contribution in [0.15, 0.2) is 42.7 Å². The number of benzene rings is 1. The van der Waals surface area contributed by atoms with Crippen molar-refractivity contribution in [3.63, 3.8) is 0 Å². The third-order valence-electron chi connectivity index (χ3n) is 3.36. The molecule has 5 heteroatoms. The van der Waals surface area contributed by atoms with Crippen molar-refractivity contribution in [3.05, 3.63) is 42.7 Å². The molecule has 2 heterocycles. The van der Waals surface area contributed by atoms with Crippen molar-refractivity contribution in [2.75, 3.05) is 11.9 Å². The van der Waals surface area contributed by atoms with E-state index in [1.807, 2.05) is 35.0 Å². The Labute approximate surface area is 124 Å². The van der Waals surface area contributed by atoms with E-state index >= 15 is 0 Å². The molecule has 0 bridgehead atoms. The second-order valence-corrected chi connectivity index (χ2v) is 4.99. The highest BCUT2D eigenvalue weighted by molar-refractivity contribution is 5.73. The number of nitrogens with one attached hydrogen (secondary N) is 1. The van der Waals surface area contributed by atoms with Gasteiger partial charge >= 0.3 is 0 Å². The topological polar surface area (TPSA) is 55.6 Å². The average molecular weight is 281 g/mol. The lowest BCUT2D eigenvalue weighted by Crippen LogP contribution is -2.04. The van der Waals surface area contributed by atoms with Crippen LogP contribution in [-0.2, 0) is 0 Å². The molecule has 0 saturated heterocycles. The van der Waals surface area contributed by atoms with Gasteiger partial charge in [0.1, 0.15) is 11.3 Å². The number of anilines is 1. The molecule has 0 saturated carbocycles. The lowest BCUT2D eigenvalue weighted by molar-refractivity contribution is 0.742. The fourth-order valence-electron chi connectivity index (χ4n) is 2.25. The highest BCUT2D eigenvalue weighted by Crippen LogP contribution is 2.16. The van der Waals surface area contributed by atoms with E-state index < -0.39 is 0 Å². The minimum absolute atomic E-state index is 0.778. The summed E-state index contributed by atoms with van der Waals surface area (Å²) in [6, 6.07) is 9.97. The lowest BCUT2D eigenvalue weighted by Gasteiger charge is -2.05. The molecule has 1 aromatic carbocycles. The number of para-hydroxylation sites is 1. The number of fused-ring (bicyclic) bond motifs is 1. The second kappa shape index (κ2) is 6.35. The van der Waals surface area contributed by atoms with Crippen molar-refractivity contribution in [2.45, 2.75) is 26.2 Å². The molecule has 0 atom stereocenters. The van der Waals surface area contributed by atoms with Crippen LogP contribution in [-0.4, -0.2) is 26.3 Å². The molecule has 3 rings (SSSR count). The van der Waals surface area contributed by atoms with Crippen molar-refractivity contribution in [3.8, 4) is 5.69 Å². The van der Waals surface area contributed by atoms with Gasteiger partial charge in [0.2, 0.25) is 0 Å². The zero-order valence-corrected chi connectivity index (χ0v) is 12.2. The summed E-state index contributed by atoms with van der Waals surface area (Å²) in [4.78, 5) is 9.05. The van der Waals surface area contributed by atoms with Crippen molar-refractivity contribution in [1.82, 2.24) is 19.7 Å². The molecule has 0 unspecified atom stereocenters. The summed E-state index contributed by atoms with van der Waals surface area (Å²) >= 11 is 0. The summed E-state index contributed by atoms with van der Waals surface area (Å²) in [5, 5.41) is 7.69. The first-order chi connectivity index (χ1) is 10.4. The summed E-state index contributed by atoms with van der Waals surface area (Å²) in [6.07, 6.45) is 7.13. The number of rotatable bonds is 6. The van der Waals surface area contributed by atoms with Gasteiger partial charge in [0.05, 0.1) is 18.1 Å². The minimum Gasteiger partial charge on any atom is -0.369 e. The van der Waals surface area contributed by atoms with Crippen molar-refractivity contribution >= 4 is 17.0 Å². The van der Waals surface area contributed by atoms with Gasteiger partial charge in [0.15, 0.2) is 5.65 Å². The molecular formula is C16H19N5. The number of nitrogens with zero attached hydrogens (tertiary/aromatic N) is 4. The van der Waals surface area contributed by atoms with Gasteiger partial charge in [-0.05, 0) is 18.6 Å². The van der Waals surface area contributed by atoms with Gasteiger partial charge in [-0.15, -0.1) is 0 Å². The van der Waals surface area contributed by atoms with Crippen molar-refractivity contribution < 1.29 is 0 Å². The smallest absolute Gasteiger partial charge is 0.181 e. The van der Waals surface area contributed by atoms with E-state index in [4.69, 9.17) is 0 Å². The minimum atomic E-state index is 0.778. The van der Waals surface area contributed by atoms with Gasteiger partial charge in [0, 0.05) is 6.54 Å². The fourth-order valence-corrected chi connectivity index (χ4v) is 2.25. The summed E-state index contributed by atoms with van der Waals surface area (Å²) in [7, 11) is 0. The summed E-state index contributed by atoms with van der Waals surface area (Å²) in [5.41, 5.74) is 2.57. The van der Waals surface area contributed by atoms with E-state index in [1.54, 1.807) is 12.4 Å². The van der Waals surface area contributed by atoms with Crippen LogP contribution in [0.2, 0.25) is 0 Å². The first-order valence-electron chi connectivity index (χ1n) is 7.38. The monoisotopic (exact) mass is 281 g/mol. The van der Waals surface area contributed by atoms with Crippen LogP contribution >= 0.6 is 0 Å². The van der Waals surface area contributed by atoms with E-state index in [9.17, 15) is 0 Å². The summed E-state index contributed by atoms with van der Waals surface area (Å²) in [6.45, 7) is 3.13. The van der Waals surface area contributed by atoms with Gasteiger partial charge in [-0.3, -0.25) is 0 Å². The molecule has 3 aromatic rings. The molecule has 0 aliphatic heterocycles. The van der Waals surface area contributed by atoms with Gasteiger partial charge in [-0.2, -0.15) is 5.10 Å². The molecule has 0 fully saturated rings. The normalized spacial score (nSPS) is 10.9. The van der Waals surface area contributed by atoms with Gasteiger partial charge in [0.25, 0.3) is 0 Å². The summed E-state index contributed by atoms with van der Waals surface area (Å²) < 4.78 is 1.81. The maximum Gasteiger partial charge on any atom is 0.181 e. The van der Waals surface area contributed by atoms with Crippen LogP contribution in [0.3, 0.4) is 0 Å². The Bertz CT molecular complexity index is 705.